The van der Waals surface area contributed by atoms with E-state index in [0.717, 1.165) is 5.56 Å². The summed E-state index contributed by atoms with van der Waals surface area (Å²) in [4.78, 5) is 11.9. The molecule has 2 N–H and O–H groups in total. The van der Waals surface area contributed by atoms with Gasteiger partial charge in [0.15, 0.2) is 0 Å². The summed E-state index contributed by atoms with van der Waals surface area (Å²) >= 11 is 0. The lowest BCUT2D eigenvalue weighted by molar-refractivity contribution is 0.0472. The predicted molar refractivity (Wildman–Crippen MR) is 75.9 cm³/mol. The molecule has 0 aliphatic rings. The average Bonchev–Trinajstić information content (AvgIpc) is 2.47. The summed E-state index contributed by atoms with van der Waals surface area (Å²) in [5, 5.41) is 8.96. The van der Waals surface area contributed by atoms with Crippen LogP contribution in [0.25, 0.3) is 0 Å². The van der Waals surface area contributed by atoms with E-state index >= 15 is 0 Å². The zero-order chi connectivity index (χ0) is 14.5. The van der Waals surface area contributed by atoms with Gasteiger partial charge in [0.25, 0.3) is 0 Å². The fourth-order valence-electron chi connectivity index (χ4n) is 1.75. The summed E-state index contributed by atoms with van der Waals surface area (Å²) in [6.45, 7) is 1.93. The van der Waals surface area contributed by atoms with Crippen molar-refractivity contribution >= 4 is 11.7 Å². The Labute approximate surface area is 117 Å². The van der Waals surface area contributed by atoms with Crippen LogP contribution >= 0.6 is 0 Å². The van der Waals surface area contributed by atoms with Crippen LogP contribution in [-0.2, 0) is 11.3 Å². The van der Waals surface area contributed by atoms with Crippen molar-refractivity contribution in [2.75, 3.05) is 5.73 Å². The van der Waals surface area contributed by atoms with Gasteiger partial charge in [-0.25, -0.2) is 4.79 Å². The Balaban J connectivity index is 2.09. The van der Waals surface area contributed by atoms with Crippen LogP contribution in [0.4, 0.5) is 5.69 Å². The van der Waals surface area contributed by atoms with E-state index in [2.05, 4.69) is 6.07 Å². The van der Waals surface area contributed by atoms with Gasteiger partial charge >= 0.3 is 5.97 Å². The predicted octanol–water partition coefficient (Wildman–Crippen LogP) is 2.81. The van der Waals surface area contributed by atoms with Gasteiger partial charge in [-0.05, 0) is 30.7 Å². The highest BCUT2D eigenvalue weighted by Gasteiger charge is 2.10. The molecule has 0 aliphatic heterocycles. The average molecular weight is 266 g/mol. The Morgan fingerprint density at radius 1 is 1.30 bits per heavy atom. The summed E-state index contributed by atoms with van der Waals surface area (Å²) in [6.07, 6.45) is 0. The fourth-order valence-corrected chi connectivity index (χ4v) is 1.75. The van der Waals surface area contributed by atoms with E-state index in [1.54, 1.807) is 42.5 Å². The number of ether oxygens (including phenoxy) is 1. The topological polar surface area (TPSA) is 76.1 Å². The first kappa shape index (κ1) is 13.6. The van der Waals surface area contributed by atoms with Gasteiger partial charge in [-0.3, -0.25) is 0 Å². The molecular weight excluding hydrogens is 252 g/mol. The van der Waals surface area contributed by atoms with E-state index in [0.29, 0.717) is 22.4 Å². The van der Waals surface area contributed by atoms with Gasteiger partial charge < -0.3 is 10.5 Å². The van der Waals surface area contributed by atoms with Crippen molar-refractivity contribution in [2.45, 2.75) is 13.5 Å². The number of carbonyl (C=O) groups excluding carboxylic acids is 1. The first-order chi connectivity index (χ1) is 9.61. The molecule has 2 aromatic carbocycles. The number of nitrogens with two attached hydrogens (primary N) is 1. The zero-order valence-corrected chi connectivity index (χ0v) is 11.1. The minimum absolute atomic E-state index is 0.0658. The first-order valence-electron chi connectivity index (χ1n) is 6.13. The quantitative estimate of drug-likeness (QED) is 0.684. The maximum absolute atomic E-state index is 11.9. The molecule has 0 radical (unpaired) electrons. The molecule has 0 fully saturated rings. The number of nitrogen functional groups attached to an aromatic ring is 1. The van der Waals surface area contributed by atoms with Crippen molar-refractivity contribution in [3.8, 4) is 6.07 Å². The molecule has 0 saturated heterocycles. The fraction of sp³-hybridized carbons (Fsp3) is 0.125. The van der Waals surface area contributed by atoms with Crippen molar-refractivity contribution in [1.82, 2.24) is 0 Å². The van der Waals surface area contributed by atoms with E-state index in [9.17, 15) is 4.79 Å². The van der Waals surface area contributed by atoms with Crippen LogP contribution in [0, 0.1) is 18.3 Å². The van der Waals surface area contributed by atoms with Crippen LogP contribution < -0.4 is 5.73 Å². The summed E-state index contributed by atoms with van der Waals surface area (Å²) in [6, 6.07) is 14.1. The second kappa shape index (κ2) is 5.89. The molecule has 0 atom stereocenters. The van der Waals surface area contributed by atoms with Crippen molar-refractivity contribution in [3.63, 3.8) is 0 Å². The molecule has 0 unspecified atom stereocenters. The van der Waals surface area contributed by atoms with Crippen molar-refractivity contribution < 1.29 is 9.53 Å². The molecule has 2 rings (SSSR count). The minimum Gasteiger partial charge on any atom is -0.457 e. The van der Waals surface area contributed by atoms with Gasteiger partial charge in [-0.1, -0.05) is 24.3 Å². The van der Waals surface area contributed by atoms with Crippen LogP contribution in [0.3, 0.4) is 0 Å². The Hall–Kier alpha value is -2.80. The monoisotopic (exact) mass is 266 g/mol. The highest BCUT2D eigenvalue weighted by Crippen LogP contribution is 2.15. The number of aryl methyl sites for hydroxylation is 1. The third-order valence-corrected chi connectivity index (χ3v) is 3.01. The van der Waals surface area contributed by atoms with Crippen LogP contribution in [0.15, 0.2) is 42.5 Å². The van der Waals surface area contributed by atoms with Gasteiger partial charge in [-0.2, -0.15) is 5.26 Å². The molecular formula is C16H14N2O2. The van der Waals surface area contributed by atoms with Crippen molar-refractivity contribution in [1.29, 1.82) is 5.26 Å². The van der Waals surface area contributed by atoms with E-state index in [-0.39, 0.29) is 6.61 Å². The smallest absolute Gasteiger partial charge is 0.338 e. The lowest BCUT2D eigenvalue weighted by Gasteiger charge is -2.07. The molecule has 100 valence electrons. The van der Waals surface area contributed by atoms with Crippen LogP contribution in [-0.4, -0.2) is 5.97 Å². The Morgan fingerprint density at radius 3 is 2.75 bits per heavy atom. The van der Waals surface area contributed by atoms with Crippen LogP contribution in [0.1, 0.15) is 27.0 Å². The molecule has 0 amide bonds. The number of esters is 1. The van der Waals surface area contributed by atoms with E-state index in [1.807, 2.05) is 6.92 Å². The molecule has 0 spiro atoms. The second-order valence-electron chi connectivity index (χ2n) is 4.42. The van der Waals surface area contributed by atoms with Crippen LogP contribution in [0.5, 0.6) is 0 Å². The van der Waals surface area contributed by atoms with Gasteiger partial charge in [0.1, 0.15) is 6.61 Å². The largest absolute Gasteiger partial charge is 0.457 e. The van der Waals surface area contributed by atoms with E-state index < -0.39 is 5.97 Å². The first-order valence-corrected chi connectivity index (χ1v) is 6.13. The highest BCUT2D eigenvalue weighted by molar-refractivity contribution is 5.90. The molecule has 0 aliphatic carbocycles. The number of benzene rings is 2. The number of carbonyl (C=O) groups is 1. The summed E-state index contributed by atoms with van der Waals surface area (Å²) < 4.78 is 5.21. The SMILES string of the molecule is Cc1ccc(C(=O)OCc2ccccc2C#N)cc1N. The van der Waals surface area contributed by atoms with Gasteiger partial charge in [0, 0.05) is 11.3 Å². The lowest BCUT2D eigenvalue weighted by Crippen LogP contribution is -2.07. The number of nitriles is 1. The number of hydrogen-bond acceptors (Lipinski definition) is 4. The summed E-state index contributed by atoms with van der Waals surface area (Å²) in [7, 11) is 0. The molecule has 0 aromatic heterocycles. The maximum atomic E-state index is 11.9. The number of hydrogen-bond donors (Lipinski definition) is 1. The summed E-state index contributed by atoms with van der Waals surface area (Å²) in [5.41, 5.74) is 8.82. The number of rotatable bonds is 3. The van der Waals surface area contributed by atoms with Crippen molar-refractivity contribution in [2.24, 2.45) is 0 Å². The molecule has 0 bridgehead atoms. The molecule has 4 nitrogen and oxygen atoms in total. The van der Waals surface area contributed by atoms with Gasteiger partial charge in [0.2, 0.25) is 0 Å². The molecule has 0 saturated carbocycles. The number of nitrogens with zero attached hydrogens (tertiary/aromatic N) is 1. The Kier molecular flexibility index (Phi) is 4.02. The van der Waals surface area contributed by atoms with Crippen molar-refractivity contribution in [3.05, 3.63) is 64.7 Å². The minimum atomic E-state index is -0.454. The molecule has 0 heterocycles. The van der Waals surface area contributed by atoms with Crippen LogP contribution in [0.2, 0.25) is 0 Å². The second-order valence-corrected chi connectivity index (χ2v) is 4.42. The Bertz CT molecular complexity index is 687. The Morgan fingerprint density at radius 2 is 2.05 bits per heavy atom. The molecule has 4 heteroatoms. The molecule has 2 aromatic rings. The van der Waals surface area contributed by atoms with Gasteiger partial charge in [-0.15, -0.1) is 0 Å². The lowest BCUT2D eigenvalue weighted by atomic mass is 10.1. The standard InChI is InChI=1S/C16H14N2O2/c1-11-6-7-12(8-15(11)18)16(19)20-10-14-5-3-2-4-13(14)9-17/h2-8H,10,18H2,1H3. The van der Waals surface area contributed by atoms with E-state index in [1.165, 1.54) is 0 Å². The normalized spacial score (nSPS) is 9.80. The molecule has 20 heavy (non-hydrogen) atoms. The third kappa shape index (κ3) is 2.96. The van der Waals surface area contributed by atoms with E-state index in [4.69, 9.17) is 15.7 Å². The maximum Gasteiger partial charge on any atom is 0.338 e. The highest BCUT2D eigenvalue weighted by atomic mass is 16.5. The summed E-state index contributed by atoms with van der Waals surface area (Å²) in [5.74, 6) is -0.454. The third-order valence-electron chi connectivity index (χ3n) is 3.01. The zero-order valence-electron chi connectivity index (χ0n) is 11.1. The number of anilines is 1. The van der Waals surface area contributed by atoms with Gasteiger partial charge in [0.05, 0.1) is 17.2 Å².